The van der Waals surface area contributed by atoms with E-state index < -0.39 is 17.6 Å². The molecular weight excluding hydrogens is 401 g/mol. The molecule has 0 aliphatic heterocycles. The molecule has 7 nitrogen and oxygen atoms in total. The summed E-state index contributed by atoms with van der Waals surface area (Å²) in [4.78, 5) is 13.4. The first-order valence-corrected chi connectivity index (χ1v) is 11.0. The van der Waals surface area contributed by atoms with E-state index in [9.17, 15) is 10.2 Å². The zero-order chi connectivity index (χ0) is 19.2. The van der Waals surface area contributed by atoms with Gasteiger partial charge in [0.2, 0.25) is 5.28 Å². The van der Waals surface area contributed by atoms with E-state index >= 15 is 0 Å². The Kier molecular flexibility index (Phi) is 3.75. The van der Waals surface area contributed by atoms with Gasteiger partial charge in [0.25, 0.3) is 0 Å². The van der Waals surface area contributed by atoms with Crippen LogP contribution in [-0.2, 0) is 0 Å². The largest absolute Gasteiger partial charge is 0.390 e. The van der Waals surface area contributed by atoms with Crippen molar-refractivity contribution < 1.29 is 10.2 Å². The molecule has 2 aromatic heterocycles. The third kappa shape index (κ3) is 2.27. The summed E-state index contributed by atoms with van der Waals surface area (Å²) in [7, 11) is 0. The van der Waals surface area contributed by atoms with E-state index in [1.165, 1.54) is 25.7 Å². The van der Waals surface area contributed by atoms with Gasteiger partial charge in [-0.15, -0.1) is 11.6 Å². The Balaban J connectivity index is 1.37. The smallest absolute Gasteiger partial charge is 0.226 e. The number of fused-ring (bicyclic) bond motifs is 4. The summed E-state index contributed by atoms with van der Waals surface area (Å²) in [5.74, 6) is 2.63. The Morgan fingerprint density at radius 3 is 2.79 bits per heavy atom. The van der Waals surface area contributed by atoms with Gasteiger partial charge in [-0.25, -0.2) is 4.98 Å². The van der Waals surface area contributed by atoms with Crippen LogP contribution in [0.1, 0.15) is 38.1 Å². The number of nitrogens with one attached hydrogen (secondary N) is 1. The van der Waals surface area contributed by atoms with E-state index in [1.807, 2.05) is 4.57 Å². The molecule has 150 valence electrons. The van der Waals surface area contributed by atoms with Gasteiger partial charge in [0.15, 0.2) is 17.0 Å². The third-order valence-electron chi connectivity index (χ3n) is 7.88. The number of hydrogen-bond acceptors (Lipinski definition) is 6. The lowest BCUT2D eigenvalue weighted by molar-refractivity contribution is -0.0129. The number of aromatic nitrogens is 4. The fourth-order valence-electron chi connectivity index (χ4n) is 6.31. The minimum absolute atomic E-state index is 0.114. The molecule has 28 heavy (non-hydrogen) atoms. The van der Waals surface area contributed by atoms with Crippen LogP contribution >= 0.6 is 23.2 Å². The van der Waals surface area contributed by atoms with Gasteiger partial charge < -0.3 is 20.1 Å². The van der Waals surface area contributed by atoms with Crippen molar-refractivity contribution in [3.05, 3.63) is 11.6 Å². The van der Waals surface area contributed by atoms with Crippen molar-refractivity contribution in [3.8, 4) is 0 Å². The number of aliphatic hydroxyl groups excluding tert-OH is 2. The number of anilines is 1. The van der Waals surface area contributed by atoms with Gasteiger partial charge in [-0.1, -0.05) is 6.42 Å². The highest BCUT2D eigenvalue weighted by molar-refractivity contribution is 6.28. The van der Waals surface area contributed by atoms with Gasteiger partial charge in [0, 0.05) is 17.3 Å². The van der Waals surface area contributed by atoms with Crippen molar-refractivity contribution in [2.75, 3.05) is 11.2 Å². The molecule has 2 aromatic rings. The van der Waals surface area contributed by atoms with Crippen LogP contribution in [0.2, 0.25) is 5.28 Å². The summed E-state index contributed by atoms with van der Waals surface area (Å²) < 4.78 is 1.86. The highest BCUT2D eigenvalue weighted by atomic mass is 35.5. The SMILES string of the molecule is O[C@H]1[C@H](n2cnc3c(N[C@H]4C[C@H]5CC[C@@H]4C5)nc(Cl)nc32)[C@H]2C[C@@]2(CCl)[C@H]1O. The van der Waals surface area contributed by atoms with Gasteiger partial charge in [0.05, 0.1) is 18.5 Å². The number of imidazole rings is 1. The first kappa shape index (κ1) is 17.7. The van der Waals surface area contributed by atoms with Crippen molar-refractivity contribution in [1.29, 1.82) is 0 Å². The van der Waals surface area contributed by atoms with E-state index in [0.717, 1.165) is 12.3 Å². The lowest BCUT2D eigenvalue weighted by Gasteiger charge is -2.24. The Morgan fingerprint density at radius 2 is 2.11 bits per heavy atom. The maximum absolute atomic E-state index is 10.7. The van der Waals surface area contributed by atoms with Gasteiger partial charge in [-0.05, 0) is 55.0 Å². The second kappa shape index (κ2) is 5.94. The fourth-order valence-corrected chi connectivity index (χ4v) is 6.94. The molecule has 4 saturated carbocycles. The second-order valence-electron chi connectivity index (χ2n) is 9.19. The molecule has 8 atom stereocenters. The summed E-state index contributed by atoms with van der Waals surface area (Å²) in [6, 6.07) is 0.101. The quantitative estimate of drug-likeness (QED) is 0.516. The molecule has 0 radical (unpaired) electrons. The average Bonchev–Trinajstić information content (AvgIpc) is 3.04. The van der Waals surface area contributed by atoms with Crippen LogP contribution in [-0.4, -0.2) is 53.9 Å². The molecule has 9 heteroatoms. The molecule has 4 fully saturated rings. The monoisotopic (exact) mass is 423 g/mol. The highest BCUT2D eigenvalue weighted by Crippen LogP contribution is 2.68. The van der Waals surface area contributed by atoms with Crippen molar-refractivity contribution >= 4 is 40.2 Å². The Hall–Kier alpha value is -1.15. The molecule has 2 heterocycles. The molecule has 0 aromatic carbocycles. The maximum Gasteiger partial charge on any atom is 0.226 e. The summed E-state index contributed by atoms with van der Waals surface area (Å²) in [6.45, 7) is 0. The third-order valence-corrected chi connectivity index (χ3v) is 8.54. The second-order valence-corrected chi connectivity index (χ2v) is 9.80. The molecule has 4 aliphatic rings. The molecule has 4 aliphatic carbocycles. The Morgan fingerprint density at radius 1 is 1.25 bits per heavy atom. The van der Waals surface area contributed by atoms with E-state index in [1.54, 1.807) is 6.33 Å². The minimum Gasteiger partial charge on any atom is -0.390 e. The summed E-state index contributed by atoms with van der Waals surface area (Å²) >= 11 is 12.4. The molecule has 0 unspecified atom stereocenters. The molecule has 0 amide bonds. The number of aliphatic hydroxyl groups is 2. The van der Waals surface area contributed by atoms with Gasteiger partial charge >= 0.3 is 0 Å². The van der Waals surface area contributed by atoms with Crippen LogP contribution in [0.25, 0.3) is 11.2 Å². The molecule has 0 saturated heterocycles. The molecule has 6 rings (SSSR count). The van der Waals surface area contributed by atoms with E-state index in [-0.39, 0.29) is 17.2 Å². The highest BCUT2D eigenvalue weighted by Gasteiger charge is 2.71. The summed E-state index contributed by atoms with van der Waals surface area (Å²) in [5.41, 5.74) is 0.862. The Bertz CT molecular complexity index is 954. The van der Waals surface area contributed by atoms with Crippen LogP contribution < -0.4 is 5.32 Å². The number of rotatable bonds is 4. The first-order valence-electron chi connectivity index (χ1n) is 10.1. The van der Waals surface area contributed by atoms with Crippen LogP contribution in [0.3, 0.4) is 0 Å². The number of hydrogen-bond donors (Lipinski definition) is 3. The lowest BCUT2D eigenvalue weighted by atomic mass is 9.95. The minimum atomic E-state index is -0.898. The van der Waals surface area contributed by atoms with Gasteiger partial charge in [0.1, 0.15) is 6.10 Å². The van der Waals surface area contributed by atoms with Crippen molar-refractivity contribution in [2.24, 2.45) is 23.2 Å². The fraction of sp³-hybridized carbons (Fsp3) is 0.737. The normalized spacial score (nSPS) is 43.6. The molecule has 0 spiro atoms. The van der Waals surface area contributed by atoms with Crippen LogP contribution in [0.4, 0.5) is 5.82 Å². The molecule has 3 N–H and O–H groups in total. The van der Waals surface area contributed by atoms with Crippen LogP contribution in [0.15, 0.2) is 6.33 Å². The van der Waals surface area contributed by atoms with Crippen molar-refractivity contribution in [3.63, 3.8) is 0 Å². The standard InChI is InChI=1S/C19H23Cl2N5O2/c20-6-19-5-10(19)13(14(27)15(19)28)26-7-22-12-16(24-18(21)25-17(12)26)23-11-4-8-1-2-9(11)3-8/h7-11,13-15,27-28H,1-6H2,(H,23,24,25)/t8-,9+,10+,11-,13+,14-,15-,19-/m0/s1. The van der Waals surface area contributed by atoms with Crippen molar-refractivity contribution in [2.45, 2.75) is 56.4 Å². The van der Waals surface area contributed by atoms with E-state index in [2.05, 4.69) is 20.3 Å². The zero-order valence-electron chi connectivity index (χ0n) is 15.3. The summed E-state index contributed by atoms with van der Waals surface area (Å²) in [6.07, 6.45) is 5.83. The van der Waals surface area contributed by atoms with E-state index in [0.29, 0.717) is 34.8 Å². The van der Waals surface area contributed by atoms with E-state index in [4.69, 9.17) is 23.2 Å². The van der Waals surface area contributed by atoms with Gasteiger partial charge in [-0.2, -0.15) is 9.97 Å². The van der Waals surface area contributed by atoms with Crippen molar-refractivity contribution in [1.82, 2.24) is 19.5 Å². The van der Waals surface area contributed by atoms with Gasteiger partial charge in [-0.3, -0.25) is 0 Å². The lowest BCUT2D eigenvalue weighted by Crippen LogP contribution is -2.34. The first-order chi connectivity index (χ1) is 13.5. The predicted molar refractivity (Wildman–Crippen MR) is 106 cm³/mol. The predicted octanol–water partition coefficient (Wildman–Crippen LogP) is 2.60. The maximum atomic E-state index is 10.7. The molecular formula is C19H23Cl2N5O2. The average molecular weight is 424 g/mol. The zero-order valence-corrected chi connectivity index (χ0v) is 16.8. The van der Waals surface area contributed by atoms with Crippen LogP contribution in [0, 0.1) is 23.2 Å². The van der Waals surface area contributed by atoms with Crippen LogP contribution in [0.5, 0.6) is 0 Å². The summed E-state index contributed by atoms with van der Waals surface area (Å²) in [5, 5.41) is 24.9. The number of alkyl halides is 1. The number of halogens is 2. The molecule has 2 bridgehead atoms. The number of nitrogens with zero attached hydrogens (tertiary/aromatic N) is 4. The topological polar surface area (TPSA) is 96.1 Å². The Labute approximate surface area is 172 Å².